The number of nitrogens with one attached hydrogen (secondary N) is 1. The third kappa shape index (κ3) is 3.07. The maximum Gasteiger partial charge on any atom is 0.223 e. The van der Waals surface area contributed by atoms with Gasteiger partial charge in [0.2, 0.25) is 5.91 Å². The largest absolute Gasteiger partial charge is 0.398 e. The quantitative estimate of drug-likeness (QED) is 0.849. The second-order valence-corrected chi connectivity index (χ2v) is 5.63. The molecule has 0 aromatic heterocycles. The standard InChI is InChI=1S/C18H20N2O/c19-17-8-4-3-7-16(17)12-20-18(21)15-10-9-13-5-1-2-6-14(13)11-15/h1-8,15H,9-12,19H2,(H,20,21). The molecule has 1 aliphatic rings. The summed E-state index contributed by atoms with van der Waals surface area (Å²) in [4.78, 5) is 12.3. The molecule has 3 N–H and O–H groups in total. The molecule has 1 aliphatic carbocycles. The number of nitrogen functional groups attached to an aromatic ring is 1. The first-order valence-electron chi connectivity index (χ1n) is 7.42. The van der Waals surface area contributed by atoms with Crippen molar-refractivity contribution in [1.29, 1.82) is 0 Å². The fourth-order valence-electron chi connectivity index (χ4n) is 2.94. The van der Waals surface area contributed by atoms with Gasteiger partial charge in [0.05, 0.1) is 0 Å². The Balaban J connectivity index is 1.61. The van der Waals surface area contributed by atoms with Gasteiger partial charge in [0, 0.05) is 18.2 Å². The Morgan fingerprint density at radius 1 is 1.10 bits per heavy atom. The first-order chi connectivity index (χ1) is 10.2. The molecule has 0 aliphatic heterocycles. The number of carbonyl (C=O) groups excluding carboxylic acids is 1. The Morgan fingerprint density at radius 2 is 1.81 bits per heavy atom. The van der Waals surface area contributed by atoms with E-state index in [1.807, 2.05) is 30.3 Å². The highest BCUT2D eigenvalue weighted by Crippen LogP contribution is 2.25. The van der Waals surface area contributed by atoms with Crippen LogP contribution >= 0.6 is 0 Å². The molecule has 0 spiro atoms. The Labute approximate surface area is 125 Å². The van der Waals surface area contributed by atoms with E-state index < -0.39 is 0 Å². The molecule has 2 aromatic rings. The predicted octanol–water partition coefficient (Wildman–Crippen LogP) is 2.69. The Morgan fingerprint density at radius 3 is 2.62 bits per heavy atom. The number of carbonyl (C=O) groups is 1. The molecule has 0 heterocycles. The van der Waals surface area contributed by atoms with Crippen LogP contribution in [0.3, 0.4) is 0 Å². The molecule has 1 unspecified atom stereocenters. The van der Waals surface area contributed by atoms with Crippen LogP contribution in [0, 0.1) is 5.92 Å². The molecule has 0 bridgehead atoms. The lowest BCUT2D eigenvalue weighted by molar-refractivity contribution is -0.125. The van der Waals surface area contributed by atoms with Crippen molar-refractivity contribution in [3.05, 3.63) is 65.2 Å². The Hall–Kier alpha value is -2.29. The second kappa shape index (κ2) is 6.00. The smallest absolute Gasteiger partial charge is 0.223 e. The van der Waals surface area contributed by atoms with Gasteiger partial charge in [-0.15, -0.1) is 0 Å². The number of anilines is 1. The molecular formula is C18H20N2O. The third-order valence-electron chi connectivity index (χ3n) is 4.23. The van der Waals surface area contributed by atoms with Gasteiger partial charge in [-0.2, -0.15) is 0 Å². The van der Waals surface area contributed by atoms with Gasteiger partial charge < -0.3 is 11.1 Å². The molecule has 3 rings (SSSR count). The van der Waals surface area contributed by atoms with Crippen molar-refractivity contribution in [2.24, 2.45) is 5.92 Å². The number of fused-ring (bicyclic) bond motifs is 1. The average Bonchev–Trinajstić information content (AvgIpc) is 2.53. The van der Waals surface area contributed by atoms with Crippen LogP contribution in [0.5, 0.6) is 0 Å². The first kappa shape index (κ1) is 13.7. The van der Waals surface area contributed by atoms with Gasteiger partial charge in [0.25, 0.3) is 0 Å². The maximum absolute atomic E-state index is 12.3. The van der Waals surface area contributed by atoms with E-state index in [9.17, 15) is 4.79 Å². The van der Waals surface area contributed by atoms with E-state index in [0.717, 1.165) is 30.5 Å². The number of aryl methyl sites for hydroxylation is 1. The summed E-state index contributed by atoms with van der Waals surface area (Å²) in [6.07, 6.45) is 2.75. The number of hydrogen-bond donors (Lipinski definition) is 2. The molecule has 0 saturated heterocycles. The zero-order chi connectivity index (χ0) is 14.7. The van der Waals surface area contributed by atoms with E-state index in [1.54, 1.807) is 0 Å². The summed E-state index contributed by atoms with van der Waals surface area (Å²) in [6, 6.07) is 16.1. The number of para-hydroxylation sites is 1. The monoisotopic (exact) mass is 280 g/mol. The minimum atomic E-state index is 0.0739. The van der Waals surface area contributed by atoms with Crippen molar-refractivity contribution in [2.45, 2.75) is 25.8 Å². The zero-order valence-corrected chi connectivity index (χ0v) is 12.0. The topological polar surface area (TPSA) is 55.1 Å². The molecule has 1 atom stereocenters. The highest BCUT2D eigenvalue weighted by Gasteiger charge is 2.24. The lowest BCUT2D eigenvalue weighted by Crippen LogP contribution is -2.33. The molecular weight excluding hydrogens is 260 g/mol. The lowest BCUT2D eigenvalue weighted by atomic mass is 9.83. The SMILES string of the molecule is Nc1ccccc1CNC(=O)C1CCc2ccccc2C1. The summed E-state index contributed by atoms with van der Waals surface area (Å²) < 4.78 is 0. The van der Waals surface area contributed by atoms with Crippen LogP contribution < -0.4 is 11.1 Å². The van der Waals surface area contributed by atoms with Crippen molar-refractivity contribution in [3.8, 4) is 0 Å². The minimum Gasteiger partial charge on any atom is -0.398 e. The highest BCUT2D eigenvalue weighted by molar-refractivity contribution is 5.79. The van der Waals surface area contributed by atoms with Crippen LogP contribution in [0.1, 0.15) is 23.1 Å². The molecule has 0 radical (unpaired) electrons. The first-order valence-corrected chi connectivity index (χ1v) is 7.42. The van der Waals surface area contributed by atoms with E-state index in [0.29, 0.717) is 6.54 Å². The minimum absolute atomic E-state index is 0.0739. The zero-order valence-electron chi connectivity index (χ0n) is 12.0. The number of nitrogens with two attached hydrogens (primary N) is 1. The van der Waals surface area contributed by atoms with Crippen molar-refractivity contribution in [1.82, 2.24) is 5.32 Å². The molecule has 3 nitrogen and oxygen atoms in total. The Bertz CT molecular complexity index is 651. The Kier molecular flexibility index (Phi) is 3.91. The lowest BCUT2D eigenvalue weighted by Gasteiger charge is -2.23. The maximum atomic E-state index is 12.3. The van der Waals surface area contributed by atoms with Gasteiger partial charge in [-0.3, -0.25) is 4.79 Å². The molecule has 2 aromatic carbocycles. The molecule has 0 fully saturated rings. The number of benzene rings is 2. The van der Waals surface area contributed by atoms with Gasteiger partial charge in [-0.1, -0.05) is 42.5 Å². The summed E-state index contributed by atoms with van der Waals surface area (Å²) in [7, 11) is 0. The fraction of sp³-hybridized carbons (Fsp3) is 0.278. The van der Waals surface area contributed by atoms with E-state index in [4.69, 9.17) is 5.73 Å². The van der Waals surface area contributed by atoms with Gasteiger partial charge in [0.1, 0.15) is 0 Å². The van der Waals surface area contributed by atoms with Crippen LogP contribution in [0.4, 0.5) is 5.69 Å². The van der Waals surface area contributed by atoms with Crippen LogP contribution in [-0.4, -0.2) is 5.91 Å². The molecule has 21 heavy (non-hydrogen) atoms. The number of amides is 1. The number of hydrogen-bond acceptors (Lipinski definition) is 2. The van der Waals surface area contributed by atoms with E-state index >= 15 is 0 Å². The van der Waals surface area contributed by atoms with Crippen LogP contribution in [0.15, 0.2) is 48.5 Å². The van der Waals surface area contributed by atoms with E-state index in [-0.39, 0.29) is 11.8 Å². The van der Waals surface area contributed by atoms with Crippen molar-refractivity contribution >= 4 is 11.6 Å². The van der Waals surface area contributed by atoms with Gasteiger partial charge in [-0.05, 0) is 42.0 Å². The second-order valence-electron chi connectivity index (χ2n) is 5.63. The van der Waals surface area contributed by atoms with Crippen LogP contribution in [-0.2, 0) is 24.2 Å². The molecule has 1 amide bonds. The van der Waals surface area contributed by atoms with E-state index in [1.165, 1.54) is 11.1 Å². The summed E-state index contributed by atoms with van der Waals surface area (Å²) in [5.41, 5.74) is 10.3. The van der Waals surface area contributed by atoms with Crippen LogP contribution in [0.25, 0.3) is 0 Å². The van der Waals surface area contributed by atoms with Crippen molar-refractivity contribution < 1.29 is 4.79 Å². The number of rotatable bonds is 3. The summed E-state index contributed by atoms with van der Waals surface area (Å²) in [5, 5.41) is 3.02. The predicted molar refractivity (Wildman–Crippen MR) is 84.7 cm³/mol. The summed E-state index contributed by atoms with van der Waals surface area (Å²) in [5.74, 6) is 0.206. The van der Waals surface area contributed by atoms with E-state index in [2.05, 4.69) is 23.5 Å². The highest BCUT2D eigenvalue weighted by atomic mass is 16.1. The summed E-state index contributed by atoms with van der Waals surface area (Å²) in [6.45, 7) is 0.504. The normalized spacial score (nSPS) is 17.0. The molecule has 0 saturated carbocycles. The summed E-state index contributed by atoms with van der Waals surface area (Å²) >= 11 is 0. The average molecular weight is 280 g/mol. The molecule has 108 valence electrons. The fourth-order valence-corrected chi connectivity index (χ4v) is 2.94. The van der Waals surface area contributed by atoms with Crippen molar-refractivity contribution in [2.75, 3.05) is 5.73 Å². The van der Waals surface area contributed by atoms with Gasteiger partial charge >= 0.3 is 0 Å². The van der Waals surface area contributed by atoms with Gasteiger partial charge in [-0.25, -0.2) is 0 Å². The molecule has 3 heteroatoms. The van der Waals surface area contributed by atoms with Gasteiger partial charge in [0.15, 0.2) is 0 Å². The van der Waals surface area contributed by atoms with Crippen molar-refractivity contribution in [3.63, 3.8) is 0 Å². The van der Waals surface area contributed by atoms with Crippen LogP contribution in [0.2, 0.25) is 0 Å². The third-order valence-corrected chi connectivity index (χ3v) is 4.23.